The maximum absolute atomic E-state index is 5.87. The standard InChI is InChI=1S/C28H44N3O/c1-4-31(5-2,6-3)24-16-11-9-7-8-10-12-17-25-32-28-22-20-27(21-23-28)30-29-26-18-14-13-15-19-26/h13-15,18-23H,4-12,16-17,24-25H2,1-3H3/q+1. The van der Waals surface area contributed by atoms with E-state index < -0.39 is 0 Å². The molecule has 2 aromatic rings. The lowest BCUT2D eigenvalue weighted by molar-refractivity contribution is -0.923. The molecule has 0 aliphatic rings. The molecule has 4 nitrogen and oxygen atoms in total. The minimum Gasteiger partial charge on any atom is -0.494 e. The summed E-state index contributed by atoms with van der Waals surface area (Å²) in [5, 5.41) is 8.51. The first-order valence-electron chi connectivity index (χ1n) is 12.8. The number of unbranched alkanes of at least 4 members (excludes halogenated alkanes) is 7. The van der Waals surface area contributed by atoms with Gasteiger partial charge in [0.25, 0.3) is 0 Å². The van der Waals surface area contributed by atoms with E-state index in [4.69, 9.17) is 4.74 Å². The highest BCUT2D eigenvalue weighted by Gasteiger charge is 2.19. The van der Waals surface area contributed by atoms with Gasteiger partial charge in [-0.05, 0) is 76.4 Å². The van der Waals surface area contributed by atoms with Gasteiger partial charge in [-0.2, -0.15) is 10.2 Å². The fourth-order valence-corrected chi connectivity index (χ4v) is 4.16. The van der Waals surface area contributed by atoms with Crippen LogP contribution in [0.15, 0.2) is 64.8 Å². The van der Waals surface area contributed by atoms with Gasteiger partial charge in [0.2, 0.25) is 0 Å². The summed E-state index contributed by atoms with van der Waals surface area (Å²) in [6, 6.07) is 17.6. The van der Waals surface area contributed by atoms with Crippen LogP contribution in [-0.4, -0.2) is 37.3 Å². The molecule has 0 spiro atoms. The van der Waals surface area contributed by atoms with Crippen LogP contribution in [-0.2, 0) is 0 Å². The van der Waals surface area contributed by atoms with E-state index in [0.717, 1.165) is 30.2 Å². The summed E-state index contributed by atoms with van der Waals surface area (Å²) < 4.78 is 7.17. The van der Waals surface area contributed by atoms with E-state index in [-0.39, 0.29) is 0 Å². The zero-order valence-corrected chi connectivity index (χ0v) is 20.6. The van der Waals surface area contributed by atoms with E-state index in [1.54, 1.807) is 0 Å². The number of rotatable bonds is 17. The van der Waals surface area contributed by atoms with Crippen LogP contribution < -0.4 is 4.74 Å². The molecular weight excluding hydrogens is 394 g/mol. The maximum atomic E-state index is 5.87. The lowest BCUT2D eigenvalue weighted by Crippen LogP contribution is -2.48. The van der Waals surface area contributed by atoms with Crippen molar-refractivity contribution in [3.63, 3.8) is 0 Å². The van der Waals surface area contributed by atoms with Crippen molar-refractivity contribution in [1.29, 1.82) is 0 Å². The second-order valence-electron chi connectivity index (χ2n) is 8.72. The summed E-state index contributed by atoms with van der Waals surface area (Å²) in [6.07, 6.45) is 10.6. The number of azo groups is 1. The molecule has 0 saturated carbocycles. The number of hydrogen-bond donors (Lipinski definition) is 0. The van der Waals surface area contributed by atoms with Crippen molar-refractivity contribution >= 4 is 11.4 Å². The summed E-state index contributed by atoms with van der Waals surface area (Å²) in [7, 11) is 0. The molecule has 2 rings (SSSR count). The van der Waals surface area contributed by atoms with Crippen LogP contribution in [0.5, 0.6) is 5.75 Å². The number of nitrogens with zero attached hydrogens (tertiary/aromatic N) is 3. The third kappa shape index (κ3) is 9.95. The molecule has 0 fully saturated rings. The quantitative estimate of drug-likeness (QED) is 0.138. The Balaban J connectivity index is 1.48. The molecule has 0 aliphatic carbocycles. The molecular formula is C28H44N3O+. The van der Waals surface area contributed by atoms with Crippen molar-refractivity contribution in [3.8, 4) is 5.75 Å². The summed E-state index contributed by atoms with van der Waals surface area (Å²) in [5.41, 5.74) is 1.70. The molecule has 0 atom stereocenters. The Morgan fingerprint density at radius 2 is 1.09 bits per heavy atom. The average Bonchev–Trinajstić information content (AvgIpc) is 2.85. The molecule has 0 saturated heterocycles. The van der Waals surface area contributed by atoms with Crippen molar-refractivity contribution in [2.45, 2.75) is 72.1 Å². The van der Waals surface area contributed by atoms with Gasteiger partial charge in [-0.25, -0.2) is 0 Å². The maximum Gasteiger partial charge on any atom is 0.119 e. The predicted octanol–water partition coefficient (Wildman–Crippen LogP) is 8.48. The normalized spacial score (nSPS) is 11.8. The first-order valence-corrected chi connectivity index (χ1v) is 12.8. The van der Waals surface area contributed by atoms with E-state index in [2.05, 4.69) is 31.0 Å². The fourth-order valence-electron chi connectivity index (χ4n) is 4.16. The Bertz CT molecular complexity index is 731. The molecule has 32 heavy (non-hydrogen) atoms. The smallest absolute Gasteiger partial charge is 0.119 e. The van der Waals surface area contributed by atoms with E-state index in [9.17, 15) is 0 Å². The minimum atomic E-state index is 0.788. The highest BCUT2D eigenvalue weighted by molar-refractivity contribution is 5.42. The Kier molecular flexibility index (Phi) is 12.7. The van der Waals surface area contributed by atoms with Crippen molar-refractivity contribution in [1.82, 2.24) is 0 Å². The van der Waals surface area contributed by atoms with Crippen LogP contribution in [0.1, 0.15) is 72.1 Å². The highest BCUT2D eigenvalue weighted by Crippen LogP contribution is 2.21. The van der Waals surface area contributed by atoms with Gasteiger partial charge in [0.15, 0.2) is 0 Å². The molecule has 0 bridgehead atoms. The first-order chi connectivity index (χ1) is 15.7. The Morgan fingerprint density at radius 1 is 0.594 bits per heavy atom. The van der Waals surface area contributed by atoms with Gasteiger partial charge < -0.3 is 9.22 Å². The lowest BCUT2D eigenvalue weighted by atomic mass is 10.1. The average molecular weight is 439 g/mol. The zero-order valence-electron chi connectivity index (χ0n) is 20.6. The fraction of sp³-hybridized carbons (Fsp3) is 0.571. The van der Waals surface area contributed by atoms with Gasteiger partial charge in [0, 0.05) is 0 Å². The van der Waals surface area contributed by atoms with E-state index in [1.165, 1.54) is 75.6 Å². The molecule has 0 aromatic heterocycles. The summed E-state index contributed by atoms with van der Waals surface area (Å²) in [4.78, 5) is 0. The van der Waals surface area contributed by atoms with Gasteiger partial charge in [-0.15, -0.1) is 0 Å². The van der Waals surface area contributed by atoms with Crippen molar-refractivity contribution in [2.75, 3.05) is 32.8 Å². The Labute approximate surface area is 196 Å². The van der Waals surface area contributed by atoms with E-state index >= 15 is 0 Å². The Hall–Kier alpha value is -2.20. The Morgan fingerprint density at radius 3 is 1.66 bits per heavy atom. The van der Waals surface area contributed by atoms with Crippen molar-refractivity contribution in [3.05, 3.63) is 54.6 Å². The summed E-state index contributed by atoms with van der Waals surface area (Å²) in [5.74, 6) is 0.907. The van der Waals surface area contributed by atoms with Gasteiger partial charge in [-0.3, -0.25) is 0 Å². The summed E-state index contributed by atoms with van der Waals surface area (Å²) in [6.45, 7) is 13.0. The third-order valence-electron chi connectivity index (χ3n) is 6.68. The molecule has 0 aliphatic heterocycles. The molecule has 0 amide bonds. The molecule has 4 heteroatoms. The van der Waals surface area contributed by atoms with Crippen LogP contribution in [0.2, 0.25) is 0 Å². The number of ether oxygens (including phenoxy) is 1. The van der Waals surface area contributed by atoms with Gasteiger partial charge in [0.1, 0.15) is 5.75 Å². The SMILES string of the molecule is CC[N+](CC)(CC)CCCCCCCCCCOc1ccc(N=Nc2ccccc2)cc1. The number of quaternary nitrogens is 1. The second kappa shape index (κ2) is 15.6. The molecule has 176 valence electrons. The lowest BCUT2D eigenvalue weighted by Gasteiger charge is -2.35. The predicted molar refractivity (Wildman–Crippen MR) is 136 cm³/mol. The molecule has 0 radical (unpaired) electrons. The zero-order chi connectivity index (χ0) is 22.9. The second-order valence-corrected chi connectivity index (χ2v) is 8.72. The van der Waals surface area contributed by atoms with Crippen LogP contribution >= 0.6 is 0 Å². The largest absolute Gasteiger partial charge is 0.494 e. The first kappa shape index (κ1) is 26.1. The van der Waals surface area contributed by atoms with Gasteiger partial charge >= 0.3 is 0 Å². The summed E-state index contributed by atoms with van der Waals surface area (Å²) >= 11 is 0. The third-order valence-corrected chi connectivity index (χ3v) is 6.68. The van der Waals surface area contributed by atoms with E-state index in [0.29, 0.717) is 0 Å². The van der Waals surface area contributed by atoms with Gasteiger partial charge in [0.05, 0.1) is 44.2 Å². The molecule has 0 heterocycles. The topological polar surface area (TPSA) is 34.0 Å². The number of benzene rings is 2. The van der Waals surface area contributed by atoms with Crippen LogP contribution in [0.25, 0.3) is 0 Å². The monoisotopic (exact) mass is 438 g/mol. The van der Waals surface area contributed by atoms with Crippen LogP contribution in [0.4, 0.5) is 11.4 Å². The highest BCUT2D eigenvalue weighted by atomic mass is 16.5. The molecule has 2 aromatic carbocycles. The number of hydrogen-bond acceptors (Lipinski definition) is 3. The van der Waals surface area contributed by atoms with E-state index in [1.807, 2.05) is 54.6 Å². The van der Waals surface area contributed by atoms with Gasteiger partial charge in [-0.1, -0.05) is 50.3 Å². The molecule has 0 unspecified atom stereocenters. The van der Waals surface area contributed by atoms with Crippen LogP contribution in [0, 0.1) is 0 Å². The minimum absolute atomic E-state index is 0.788. The van der Waals surface area contributed by atoms with Crippen molar-refractivity contribution in [2.24, 2.45) is 10.2 Å². The van der Waals surface area contributed by atoms with Crippen molar-refractivity contribution < 1.29 is 9.22 Å². The van der Waals surface area contributed by atoms with Crippen LogP contribution in [0.3, 0.4) is 0 Å². The molecule has 0 N–H and O–H groups in total.